The van der Waals surface area contributed by atoms with Crippen molar-refractivity contribution in [3.8, 4) is 5.75 Å². The van der Waals surface area contributed by atoms with Crippen LogP contribution in [0.5, 0.6) is 5.75 Å². The Hall–Kier alpha value is -4.86. The first-order valence-electron chi connectivity index (χ1n) is 12.4. The molecule has 4 aromatic carbocycles. The maximum atomic E-state index is 13.2. The highest BCUT2D eigenvalue weighted by Crippen LogP contribution is 2.29. The third-order valence-electron chi connectivity index (χ3n) is 5.84. The molecule has 2 amide bonds. The standard InChI is InChI=1S/C30H25F3N2O5/c1-2-39-27(36)15-10-19-6-5-9-23(16-19)34-29(38)25-14-13-24(40-30(31,32)33)18-26(25)35-28(37)22-12-11-20-7-3-4-8-21(20)17-22/h3-9,11-14,16-18H,2,10,15H2,1H3,(H,34,38)(H,35,37). The molecule has 0 fully saturated rings. The average Bonchev–Trinajstić information content (AvgIpc) is 2.91. The first kappa shape index (κ1) is 28.2. The first-order valence-corrected chi connectivity index (χ1v) is 12.4. The number of hydrogen-bond acceptors (Lipinski definition) is 5. The van der Waals surface area contributed by atoms with Gasteiger partial charge in [-0.15, -0.1) is 13.2 Å². The number of rotatable bonds is 9. The van der Waals surface area contributed by atoms with E-state index in [1.807, 2.05) is 24.3 Å². The first-order chi connectivity index (χ1) is 19.1. The second-order valence-corrected chi connectivity index (χ2v) is 8.73. The Balaban J connectivity index is 1.57. The van der Waals surface area contributed by atoms with Crippen molar-refractivity contribution in [3.05, 3.63) is 102 Å². The minimum Gasteiger partial charge on any atom is -0.466 e. The van der Waals surface area contributed by atoms with Crippen molar-refractivity contribution < 1.29 is 37.0 Å². The van der Waals surface area contributed by atoms with Crippen LogP contribution < -0.4 is 15.4 Å². The Kier molecular flexibility index (Phi) is 8.68. The molecule has 0 aliphatic carbocycles. The summed E-state index contributed by atoms with van der Waals surface area (Å²) in [7, 11) is 0. The van der Waals surface area contributed by atoms with E-state index in [0.29, 0.717) is 12.1 Å². The number of aryl methyl sites for hydroxylation is 1. The largest absolute Gasteiger partial charge is 0.573 e. The number of fused-ring (bicyclic) bond motifs is 1. The van der Waals surface area contributed by atoms with E-state index in [2.05, 4.69) is 15.4 Å². The smallest absolute Gasteiger partial charge is 0.466 e. The molecular formula is C30H25F3N2O5. The van der Waals surface area contributed by atoms with Gasteiger partial charge in [-0.3, -0.25) is 14.4 Å². The van der Waals surface area contributed by atoms with Crippen LogP contribution in [0.4, 0.5) is 24.5 Å². The zero-order valence-corrected chi connectivity index (χ0v) is 21.4. The zero-order chi connectivity index (χ0) is 28.7. The van der Waals surface area contributed by atoms with E-state index in [-0.39, 0.29) is 35.8 Å². The van der Waals surface area contributed by atoms with Gasteiger partial charge in [0.2, 0.25) is 0 Å². The van der Waals surface area contributed by atoms with Gasteiger partial charge in [-0.2, -0.15) is 0 Å². The van der Waals surface area contributed by atoms with Crippen LogP contribution in [-0.4, -0.2) is 30.8 Å². The minimum absolute atomic E-state index is 0.0828. The van der Waals surface area contributed by atoms with Gasteiger partial charge in [0, 0.05) is 23.7 Å². The molecule has 7 nitrogen and oxygen atoms in total. The van der Waals surface area contributed by atoms with Crippen LogP contribution in [0.1, 0.15) is 39.6 Å². The summed E-state index contributed by atoms with van der Waals surface area (Å²) in [5.41, 5.74) is 1.16. The number of alkyl halides is 3. The van der Waals surface area contributed by atoms with Crippen molar-refractivity contribution in [3.63, 3.8) is 0 Å². The predicted molar refractivity (Wildman–Crippen MR) is 144 cm³/mol. The number of amides is 2. The highest BCUT2D eigenvalue weighted by Gasteiger charge is 2.31. The molecule has 0 heterocycles. The third-order valence-corrected chi connectivity index (χ3v) is 5.84. The lowest BCUT2D eigenvalue weighted by Crippen LogP contribution is -2.20. The lowest BCUT2D eigenvalue weighted by Gasteiger charge is -2.15. The van der Waals surface area contributed by atoms with E-state index in [4.69, 9.17) is 4.74 Å². The molecule has 2 N–H and O–H groups in total. The van der Waals surface area contributed by atoms with Crippen molar-refractivity contribution in [1.29, 1.82) is 0 Å². The summed E-state index contributed by atoms with van der Waals surface area (Å²) in [6, 6.07) is 22.2. The topological polar surface area (TPSA) is 93.7 Å². The molecule has 206 valence electrons. The monoisotopic (exact) mass is 550 g/mol. The molecule has 0 atom stereocenters. The Morgan fingerprint density at radius 3 is 2.33 bits per heavy atom. The molecule has 0 radical (unpaired) electrons. The Labute approximate surface area is 227 Å². The fourth-order valence-corrected chi connectivity index (χ4v) is 4.03. The number of nitrogens with one attached hydrogen (secondary N) is 2. The maximum absolute atomic E-state index is 13.2. The summed E-state index contributed by atoms with van der Waals surface area (Å²) in [6.07, 6.45) is -4.41. The fraction of sp³-hybridized carbons (Fsp3) is 0.167. The Morgan fingerprint density at radius 2 is 1.57 bits per heavy atom. The SMILES string of the molecule is CCOC(=O)CCc1cccc(NC(=O)c2ccc(OC(F)(F)F)cc2NC(=O)c2ccc3ccccc3c2)c1. The average molecular weight is 551 g/mol. The molecule has 0 aromatic heterocycles. The maximum Gasteiger partial charge on any atom is 0.573 e. The number of ether oxygens (including phenoxy) is 2. The van der Waals surface area contributed by atoms with Crippen LogP contribution in [0.2, 0.25) is 0 Å². The van der Waals surface area contributed by atoms with Crippen LogP contribution in [-0.2, 0) is 16.0 Å². The van der Waals surface area contributed by atoms with Crippen molar-refractivity contribution in [1.82, 2.24) is 0 Å². The molecule has 0 saturated carbocycles. The van der Waals surface area contributed by atoms with Crippen molar-refractivity contribution >= 4 is 39.9 Å². The van der Waals surface area contributed by atoms with Gasteiger partial charge in [0.15, 0.2) is 0 Å². The molecule has 0 aliphatic heterocycles. The van der Waals surface area contributed by atoms with Gasteiger partial charge in [-0.05, 0) is 66.1 Å². The quantitative estimate of drug-likeness (QED) is 0.225. The predicted octanol–water partition coefficient (Wildman–Crippen LogP) is 6.74. The van der Waals surface area contributed by atoms with Crippen LogP contribution in [0.3, 0.4) is 0 Å². The van der Waals surface area contributed by atoms with Gasteiger partial charge in [0.25, 0.3) is 11.8 Å². The van der Waals surface area contributed by atoms with Gasteiger partial charge >= 0.3 is 12.3 Å². The molecule has 0 saturated heterocycles. The molecule has 0 bridgehead atoms. The zero-order valence-electron chi connectivity index (χ0n) is 21.4. The van der Waals surface area contributed by atoms with Crippen LogP contribution >= 0.6 is 0 Å². The highest BCUT2D eigenvalue weighted by atomic mass is 19.4. The Bertz CT molecular complexity index is 1550. The van der Waals surface area contributed by atoms with Gasteiger partial charge in [0.05, 0.1) is 17.9 Å². The summed E-state index contributed by atoms with van der Waals surface area (Å²) < 4.78 is 47.5. The number of carbonyl (C=O) groups is 3. The molecule has 10 heteroatoms. The van der Waals surface area contributed by atoms with Gasteiger partial charge < -0.3 is 20.1 Å². The van der Waals surface area contributed by atoms with E-state index in [9.17, 15) is 27.6 Å². The second kappa shape index (κ2) is 12.3. The van der Waals surface area contributed by atoms with Gasteiger partial charge in [-0.25, -0.2) is 0 Å². The van der Waals surface area contributed by atoms with E-state index in [0.717, 1.165) is 34.5 Å². The van der Waals surface area contributed by atoms with Gasteiger partial charge in [0.1, 0.15) is 5.75 Å². The number of anilines is 2. The number of esters is 1. The molecule has 4 aromatic rings. The number of carbonyl (C=O) groups excluding carboxylic acids is 3. The molecule has 4 rings (SSSR count). The lowest BCUT2D eigenvalue weighted by atomic mass is 10.1. The van der Waals surface area contributed by atoms with Crippen molar-refractivity contribution in [2.24, 2.45) is 0 Å². The Morgan fingerprint density at radius 1 is 0.800 bits per heavy atom. The molecule has 0 unspecified atom stereocenters. The summed E-state index contributed by atoms with van der Waals surface area (Å²) >= 11 is 0. The van der Waals surface area contributed by atoms with E-state index >= 15 is 0 Å². The van der Waals surface area contributed by atoms with Crippen molar-refractivity contribution in [2.75, 3.05) is 17.2 Å². The molecule has 0 aliphatic rings. The van der Waals surface area contributed by atoms with E-state index in [1.54, 1.807) is 49.4 Å². The fourth-order valence-electron chi connectivity index (χ4n) is 4.03. The van der Waals surface area contributed by atoms with E-state index in [1.165, 1.54) is 0 Å². The molecule has 0 spiro atoms. The third kappa shape index (κ3) is 7.59. The summed E-state index contributed by atoms with van der Waals surface area (Å²) in [4.78, 5) is 37.9. The summed E-state index contributed by atoms with van der Waals surface area (Å²) in [6.45, 7) is 2.00. The number of hydrogen-bond donors (Lipinski definition) is 2. The van der Waals surface area contributed by atoms with Crippen molar-refractivity contribution in [2.45, 2.75) is 26.1 Å². The molecular weight excluding hydrogens is 525 g/mol. The minimum atomic E-state index is -4.96. The molecule has 40 heavy (non-hydrogen) atoms. The summed E-state index contributed by atoms with van der Waals surface area (Å²) in [5, 5.41) is 6.93. The van der Waals surface area contributed by atoms with Crippen LogP contribution in [0.15, 0.2) is 84.9 Å². The summed E-state index contributed by atoms with van der Waals surface area (Å²) in [5.74, 6) is -2.23. The normalized spacial score (nSPS) is 11.1. The lowest BCUT2D eigenvalue weighted by molar-refractivity contribution is -0.274. The van der Waals surface area contributed by atoms with Gasteiger partial charge in [-0.1, -0.05) is 42.5 Å². The number of benzene rings is 4. The van der Waals surface area contributed by atoms with Crippen LogP contribution in [0.25, 0.3) is 10.8 Å². The van der Waals surface area contributed by atoms with E-state index < -0.39 is 23.9 Å². The second-order valence-electron chi connectivity index (χ2n) is 8.73. The highest BCUT2D eigenvalue weighted by molar-refractivity contribution is 6.13. The number of halogens is 3. The van der Waals surface area contributed by atoms with Crippen LogP contribution in [0, 0.1) is 0 Å².